The fraction of sp³-hybridized carbons (Fsp3) is 0.267. The molecule has 1 heterocycles. The lowest BCUT2D eigenvalue weighted by atomic mass is 9.89. The van der Waals surface area contributed by atoms with E-state index in [0.29, 0.717) is 11.6 Å². The Labute approximate surface area is 117 Å². The van der Waals surface area contributed by atoms with E-state index in [0.717, 1.165) is 23.1 Å². The normalized spacial score (nSPS) is 21.0. The summed E-state index contributed by atoms with van der Waals surface area (Å²) in [6.45, 7) is 0. The molecule has 1 aromatic carbocycles. The zero-order chi connectivity index (χ0) is 14.3. The first-order valence-electron chi connectivity index (χ1n) is 6.46. The molecule has 0 fully saturated rings. The number of nitrogens with two attached hydrogens (primary N) is 1. The van der Waals surface area contributed by atoms with Crippen LogP contribution in [0.15, 0.2) is 41.0 Å². The summed E-state index contributed by atoms with van der Waals surface area (Å²) < 4.78 is 5.16. The minimum atomic E-state index is 0.139. The van der Waals surface area contributed by atoms with Gasteiger partial charge >= 0.3 is 0 Å². The molecule has 2 aliphatic rings. The lowest BCUT2D eigenvalue weighted by molar-refractivity contribution is 0.312. The van der Waals surface area contributed by atoms with Crippen molar-refractivity contribution >= 4 is 11.4 Å². The molecule has 5 heteroatoms. The summed E-state index contributed by atoms with van der Waals surface area (Å²) in [6.07, 6.45) is 4.72. The number of ether oxygens (including phenoxy) is 1. The number of para-hydroxylation sites is 1. The van der Waals surface area contributed by atoms with E-state index >= 15 is 0 Å². The molecule has 1 atom stereocenters. The molecule has 0 spiro atoms. The number of nitrogens with zero attached hydrogens (tertiary/aromatic N) is 2. The Bertz CT molecular complexity index is 647. The van der Waals surface area contributed by atoms with Gasteiger partial charge in [-0.25, -0.2) is 0 Å². The quantitative estimate of drug-likeness (QED) is 0.859. The minimum Gasteiger partial charge on any atom is -0.504 e. The van der Waals surface area contributed by atoms with Crippen LogP contribution in [0.25, 0.3) is 5.57 Å². The van der Waals surface area contributed by atoms with Crippen molar-refractivity contribution in [3.63, 3.8) is 0 Å². The van der Waals surface area contributed by atoms with E-state index in [1.54, 1.807) is 13.2 Å². The average Bonchev–Trinajstić information content (AvgIpc) is 2.74. The van der Waals surface area contributed by atoms with Crippen LogP contribution in [0.3, 0.4) is 0 Å². The third-order valence-electron chi connectivity index (χ3n) is 3.81. The van der Waals surface area contributed by atoms with Crippen LogP contribution in [-0.4, -0.2) is 36.2 Å². The number of hydrazone groups is 1. The number of fused-ring (bicyclic) bond motifs is 1. The lowest BCUT2D eigenvalue weighted by Crippen LogP contribution is -2.27. The van der Waals surface area contributed by atoms with Crippen LogP contribution in [0.4, 0.5) is 0 Å². The van der Waals surface area contributed by atoms with Gasteiger partial charge in [0.2, 0.25) is 0 Å². The highest BCUT2D eigenvalue weighted by Gasteiger charge is 2.31. The van der Waals surface area contributed by atoms with Gasteiger partial charge in [-0.2, -0.15) is 5.10 Å². The highest BCUT2D eigenvalue weighted by atomic mass is 16.5. The summed E-state index contributed by atoms with van der Waals surface area (Å²) in [4.78, 5) is 0. The SMILES string of the molecule is COc1cccc(C2=CC=C3C(N)=NN(C)C3C2)c1O. The van der Waals surface area contributed by atoms with Gasteiger partial charge in [-0.3, -0.25) is 5.01 Å². The highest BCUT2D eigenvalue weighted by Crippen LogP contribution is 2.39. The summed E-state index contributed by atoms with van der Waals surface area (Å²) in [5, 5.41) is 16.4. The third kappa shape index (κ3) is 1.82. The number of hydrogen-bond acceptors (Lipinski definition) is 5. The number of allylic oxidation sites excluding steroid dienone is 2. The highest BCUT2D eigenvalue weighted by molar-refractivity contribution is 6.01. The Hall–Kier alpha value is -2.43. The molecule has 1 aliphatic carbocycles. The first-order chi connectivity index (χ1) is 9.61. The van der Waals surface area contributed by atoms with Crippen molar-refractivity contribution in [1.29, 1.82) is 0 Å². The van der Waals surface area contributed by atoms with Gasteiger partial charge in [0.05, 0.1) is 13.2 Å². The van der Waals surface area contributed by atoms with E-state index in [1.807, 2.05) is 36.3 Å². The van der Waals surface area contributed by atoms with Crippen molar-refractivity contribution in [3.05, 3.63) is 41.5 Å². The molecule has 5 nitrogen and oxygen atoms in total. The van der Waals surface area contributed by atoms with Crippen LogP contribution in [0.2, 0.25) is 0 Å². The summed E-state index contributed by atoms with van der Waals surface area (Å²) in [5.74, 6) is 1.23. The van der Waals surface area contributed by atoms with E-state index in [2.05, 4.69) is 5.10 Å². The molecule has 3 N–H and O–H groups in total. The van der Waals surface area contributed by atoms with Gasteiger partial charge in [-0.05, 0) is 18.1 Å². The maximum atomic E-state index is 10.2. The van der Waals surface area contributed by atoms with Crippen LogP contribution in [-0.2, 0) is 0 Å². The second-order valence-corrected chi connectivity index (χ2v) is 4.95. The molecule has 0 saturated carbocycles. The molecule has 104 valence electrons. The zero-order valence-corrected chi connectivity index (χ0v) is 11.5. The van der Waals surface area contributed by atoms with Gasteiger partial charge in [0.15, 0.2) is 11.5 Å². The maximum absolute atomic E-state index is 10.2. The molecule has 1 unspecified atom stereocenters. The number of amidine groups is 1. The van der Waals surface area contributed by atoms with E-state index in [-0.39, 0.29) is 11.8 Å². The predicted octanol–water partition coefficient (Wildman–Crippen LogP) is 1.70. The fourth-order valence-corrected chi connectivity index (χ4v) is 2.72. The Balaban J connectivity index is 2.00. The molecular formula is C15H17N3O2. The van der Waals surface area contributed by atoms with Gasteiger partial charge in [-0.15, -0.1) is 0 Å². The Morgan fingerprint density at radius 3 is 2.95 bits per heavy atom. The van der Waals surface area contributed by atoms with Gasteiger partial charge in [0.25, 0.3) is 0 Å². The second-order valence-electron chi connectivity index (χ2n) is 4.95. The van der Waals surface area contributed by atoms with Gasteiger partial charge in [0.1, 0.15) is 5.84 Å². The van der Waals surface area contributed by atoms with Crippen molar-refractivity contribution < 1.29 is 9.84 Å². The number of phenolic OH excluding ortho intramolecular Hbond substituents is 1. The van der Waals surface area contributed by atoms with Gasteiger partial charge in [0, 0.05) is 18.2 Å². The van der Waals surface area contributed by atoms with E-state index in [4.69, 9.17) is 10.5 Å². The van der Waals surface area contributed by atoms with Crippen LogP contribution < -0.4 is 10.5 Å². The molecule has 0 radical (unpaired) electrons. The third-order valence-corrected chi connectivity index (χ3v) is 3.81. The first kappa shape index (κ1) is 12.6. The topological polar surface area (TPSA) is 71.1 Å². The average molecular weight is 271 g/mol. The summed E-state index contributed by atoms with van der Waals surface area (Å²) in [5.41, 5.74) is 8.76. The Morgan fingerprint density at radius 1 is 1.40 bits per heavy atom. The molecule has 0 saturated heterocycles. The number of phenols is 1. The summed E-state index contributed by atoms with van der Waals surface area (Å²) in [7, 11) is 3.46. The van der Waals surface area contributed by atoms with Crippen molar-refractivity contribution in [1.82, 2.24) is 5.01 Å². The molecule has 0 bridgehead atoms. The fourth-order valence-electron chi connectivity index (χ4n) is 2.72. The van der Waals surface area contributed by atoms with Crippen LogP contribution >= 0.6 is 0 Å². The van der Waals surface area contributed by atoms with Crippen LogP contribution in [0, 0.1) is 0 Å². The molecule has 20 heavy (non-hydrogen) atoms. The van der Waals surface area contributed by atoms with Crippen molar-refractivity contribution in [2.24, 2.45) is 10.8 Å². The standard InChI is InChI=1S/C15H17N3O2/c1-18-12-8-9(6-7-11(12)15(16)17-18)10-4-3-5-13(20-2)14(10)19/h3-7,12,19H,8H2,1-2H3,(H2,16,17). The smallest absolute Gasteiger partial charge is 0.165 e. The lowest BCUT2D eigenvalue weighted by Gasteiger charge is -2.24. The molecule has 0 amide bonds. The maximum Gasteiger partial charge on any atom is 0.165 e. The van der Waals surface area contributed by atoms with Crippen LogP contribution in [0.5, 0.6) is 11.5 Å². The summed E-state index contributed by atoms with van der Waals surface area (Å²) in [6, 6.07) is 5.64. The molecule has 1 aliphatic heterocycles. The second kappa shape index (κ2) is 4.59. The number of rotatable bonds is 2. The zero-order valence-electron chi connectivity index (χ0n) is 11.5. The number of benzene rings is 1. The monoisotopic (exact) mass is 271 g/mol. The molecule has 3 rings (SSSR count). The van der Waals surface area contributed by atoms with E-state index in [9.17, 15) is 5.11 Å². The molecule has 1 aromatic rings. The Kier molecular flexibility index (Phi) is 2.89. The number of likely N-dealkylation sites (N-methyl/N-ethyl adjacent to an activating group) is 1. The van der Waals surface area contributed by atoms with Crippen molar-refractivity contribution in [3.8, 4) is 11.5 Å². The van der Waals surface area contributed by atoms with Crippen molar-refractivity contribution in [2.45, 2.75) is 12.5 Å². The number of aromatic hydroxyl groups is 1. The van der Waals surface area contributed by atoms with Crippen molar-refractivity contribution in [2.75, 3.05) is 14.2 Å². The largest absolute Gasteiger partial charge is 0.504 e. The number of methoxy groups -OCH3 is 1. The molecular weight excluding hydrogens is 254 g/mol. The van der Waals surface area contributed by atoms with Crippen LogP contribution in [0.1, 0.15) is 12.0 Å². The van der Waals surface area contributed by atoms with E-state index < -0.39 is 0 Å². The Morgan fingerprint density at radius 2 is 2.20 bits per heavy atom. The first-order valence-corrected chi connectivity index (χ1v) is 6.46. The predicted molar refractivity (Wildman–Crippen MR) is 78.5 cm³/mol. The van der Waals surface area contributed by atoms with E-state index in [1.165, 1.54) is 0 Å². The summed E-state index contributed by atoms with van der Waals surface area (Å²) >= 11 is 0. The van der Waals surface area contributed by atoms with Gasteiger partial charge in [-0.1, -0.05) is 24.3 Å². The minimum absolute atomic E-state index is 0.139. The van der Waals surface area contributed by atoms with Gasteiger partial charge < -0.3 is 15.6 Å². The number of hydrogen-bond donors (Lipinski definition) is 2. The molecule has 0 aromatic heterocycles.